The lowest BCUT2D eigenvalue weighted by Gasteiger charge is -2.30. The van der Waals surface area contributed by atoms with Gasteiger partial charge < -0.3 is 9.47 Å². The molecule has 1 aliphatic heterocycles. The van der Waals surface area contributed by atoms with Crippen molar-refractivity contribution in [1.29, 1.82) is 0 Å². The third-order valence-electron chi connectivity index (χ3n) is 2.71. The molecular weight excluding hydrogens is 281 g/mol. The number of alkyl halides is 3. The van der Waals surface area contributed by atoms with Crippen molar-refractivity contribution >= 4 is 17.3 Å². The molecule has 1 unspecified atom stereocenters. The van der Waals surface area contributed by atoms with Gasteiger partial charge in [-0.05, 0) is 24.4 Å². The first kappa shape index (κ1) is 13.9. The Labute approximate surface area is 111 Å². The molecule has 3 nitrogen and oxygen atoms in total. The molecule has 0 amide bonds. The minimum atomic E-state index is -4.61. The van der Waals surface area contributed by atoms with Crippen LogP contribution in [0.15, 0.2) is 29.3 Å². The monoisotopic (exact) mass is 292 g/mol. The zero-order chi connectivity index (χ0) is 14.1. The third-order valence-corrected chi connectivity index (χ3v) is 3.73. The lowest BCUT2D eigenvalue weighted by Crippen LogP contribution is -2.42. The van der Waals surface area contributed by atoms with E-state index in [4.69, 9.17) is 4.74 Å². The molecule has 0 saturated carbocycles. The van der Waals surface area contributed by atoms with Crippen LogP contribution in [0.1, 0.15) is 18.2 Å². The Balaban J connectivity index is 2.29. The number of halogens is 3. The Morgan fingerprint density at radius 1 is 1.58 bits per heavy atom. The van der Waals surface area contributed by atoms with Crippen LogP contribution in [0.2, 0.25) is 0 Å². The summed E-state index contributed by atoms with van der Waals surface area (Å²) in [6.07, 6.45) is -3.90. The molecule has 1 atom stereocenters. The third kappa shape index (κ3) is 2.34. The predicted molar refractivity (Wildman–Crippen MR) is 62.5 cm³/mol. The van der Waals surface area contributed by atoms with Crippen molar-refractivity contribution in [2.75, 3.05) is 6.61 Å². The molecule has 0 spiro atoms. The molecule has 0 N–H and O–H groups in total. The van der Waals surface area contributed by atoms with E-state index in [1.165, 1.54) is 17.5 Å². The molecule has 0 bridgehead atoms. The van der Waals surface area contributed by atoms with Crippen molar-refractivity contribution in [2.45, 2.75) is 25.1 Å². The molecule has 0 aliphatic carbocycles. The quantitative estimate of drug-likeness (QED) is 0.801. The normalized spacial score (nSPS) is 22.8. The highest BCUT2D eigenvalue weighted by Crippen LogP contribution is 2.51. The second-order valence-corrected chi connectivity index (χ2v) is 4.84. The molecule has 0 aromatic carbocycles. The topological polar surface area (TPSA) is 35.5 Å². The van der Waals surface area contributed by atoms with Crippen molar-refractivity contribution < 1.29 is 27.4 Å². The van der Waals surface area contributed by atoms with Gasteiger partial charge in [0, 0.05) is 6.42 Å². The standard InChI is InChI=1S/C12H11F3O3S/c1-2-17-10(16)8-5-6-11(18-8,12(13,14)15)9-4-3-7-19-9/h3-5,7H,2,6H2,1H3. The van der Waals surface area contributed by atoms with Gasteiger partial charge in [-0.25, -0.2) is 4.79 Å². The molecule has 1 aromatic rings. The van der Waals surface area contributed by atoms with Crippen LogP contribution >= 0.6 is 11.3 Å². The van der Waals surface area contributed by atoms with E-state index in [2.05, 4.69) is 4.74 Å². The maximum Gasteiger partial charge on any atom is 0.433 e. The highest BCUT2D eigenvalue weighted by atomic mass is 32.1. The van der Waals surface area contributed by atoms with Crippen molar-refractivity contribution in [3.8, 4) is 0 Å². The number of carbonyl (C=O) groups excluding carboxylic acids is 1. The van der Waals surface area contributed by atoms with Gasteiger partial charge in [-0.2, -0.15) is 13.2 Å². The zero-order valence-electron chi connectivity index (χ0n) is 9.99. The predicted octanol–water partition coefficient (Wildman–Crippen LogP) is 3.37. The molecular formula is C12H11F3O3S. The molecule has 2 rings (SSSR count). The average Bonchev–Trinajstić information content (AvgIpc) is 2.98. The van der Waals surface area contributed by atoms with Gasteiger partial charge in [0.25, 0.3) is 0 Å². The minimum Gasteiger partial charge on any atom is -0.464 e. The van der Waals surface area contributed by atoms with Crippen LogP contribution < -0.4 is 0 Å². The van der Waals surface area contributed by atoms with Crippen LogP contribution in [0.5, 0.6) is 0 Å². The van der Waals surface area contributed by atoms with Gasteiger partial charge in [0.2, 0.25) is 11.4 Å². The Morgan fingerprint density at radius 2 is 2.32 bits per heavy atom. The van der Waals surface area contributed by atoms with E-state index >= 15 is 0 Å². The molecule has 19 heavy (non-hydrogen) atoms. The first-order chi connectivity index (χ1) is 8.90. The van der Waals surface area contributed by atoms with E-state index in [9.17, 15) is 18.0 Å². The highest BCUT2D eigenvalue weighted by molar-refractivity contribution is 7.10. The average molecular weight is 292 g/mol. The number of hydrogen-bond acceptors (Lipinski definition) is 4. The summed E-state index contributed by atoms with van der Waals surface area (Å²) in [7, 11) is 0. The molecule has 2 heterocycles. The summed E-state index contributed by atoms with van der Waals surface area (Å²) < 4.78 is 49.5. The number of hydrogen-bond donors (Lipinski definition) is 0. The van der Waals surface area contributed by atoms with Crippen LogP contribution in [-0.4, -0.2) is 18.8 Å². The van der Waals surface area contributed by atoms with Gasteiger partial charge >= 0.3 is 12.1 Å². The van der Waals surface area contributed by atoms with Crippen LogP contribution in [0.25, 0.3) is 0 Å². The first-order valence-corrected chi connectivity index (χ1v) is 6.45. The van der Waals surface area contributed by atoms with Gasteiger partial charge in [-0.3, -0.25) is 0 Å². The molecule has 1 aliphatic rings. The highest BCUT2D eigenvalue weighted by Gasteiger charge is 2.61. The molecule has 0 radical (unpaired) electrons. The molecule has 104 valence electrons. The smallest absolute Gasteiger partial charge is 0.433 e. The number of ether oxygens (including phenoxy) is 2. The largest absolute Gasteiger partial charge is 0.464 e. The maximum absolute atomic E-state index is 13.3. The van der Waals surface area contributed by atoms with E-state index in [1.807, 2.05) is 0 Å². The van der Waals surface area contributed by atoms with Gasteiger partial charge in [0.15, 0.2) is 0 Å². The van der Waals surface area contributed by atoms with Crippen LogP contribution in [-0.2, 0) is 19.9 Å². The number of rotatable bonds is 3. The summed E-state index contributed by atoms with van der Waals surface area (Å²) in [5.74, 6) is -1.25. The van der Waals surface area contributed by atoms with E-state index in [0.717, 1.165) is 17.4 Å². The van der Waals surface area contributed by atoms with Crippen molar-refractivity contribution in [3.63, 3.8) is 0 Å². The van der Waals surface area contributed by atoms with Crippen LogP contribution in [0.3, 0.4) is 0 Å². The summed E-state index contributed by atoms with van der Waals surface area (Å²) >= 11 is 0.943. The number of esters is 1. The molecule has 0 fully saturated rings. The fraction of sp³-hybridized carbons (Fsp3) is 0.417. The SMILES string of the molecule is CCOC(=O)C1=CCC(c2cccs2)(C(F)(F)F)O1. The van der Waals surface area contributed by atoms with Crippen molar-refractivity contribution in [1.82, 2.24) is 0 Å². The van der Waals surface area contributed by atoms with E-state index < -0.39 is 24.2 Å². The van der Waals surface area contributed by atoms with E-state index in [-0.39, 0.29) is 17.2 Å². The Bertz CT molecular complexity index is 493. The van der Waals surface area contributed by atoms with Gasteiger partial charge in [0.05, 0.1) is 11.5 Å². The fourth-order valence-corrected chi connectivity index (χ4v) is 2.70. The van der Waals surface area contributed by atoms with Crippen LogP contribution in [0, 0.1) is 0 Å². The van der Waals surface area contributed by atoms with E-state index in [1.54, 1.807) is 6.92 Å². The Morgan fingerprint density at radius 3 is 2.84 bits per heavy atom. The maximum atomic E-state index is 13.3. The lowest BCUT2D eigenvalue weighted by molar-refractivity contribution is -0.263. The van der Waals surface area contributed by atoms with Gasteiger partial charge in [0.1, 0.15) is 0 Å². The summed E-state index contributed by atoms with van der Waals surface area (Å²) in [4.78, 5) is 11.5. The lowest BCUT2D eigenvalue weighted by atomic mass is 9.98. The van der Waals surface area contributed by atoms with Gasteiger partial charge in [-0.15, -0.1) is 11.3 Å². The van der Waals surface area contributed by atoms with E-state index in [0.29, 0.717) is 0 Å². The Kier molecular flexibility index (Phi) is 3.58. The number of thiophene rings is 1. The summed E-state index contributed by atoms with van der Waals surface area (Å²) in [6.45, 7) is 1.65. The fourth-order valence-electron chi connectivity index (χ4n) is 1.81. The Hall–Kier alpha value is -1.50. The summed E-state index contributed by atoms with van der Waals surface area (Å²) in [5.41, 5.74) is -2.47. The van der Waals surface area contributed by atoms with Crippen molar-refractivity contribution in [2.24, 2.45) is 0 Å². The van der Waals surface area contributed by atoms with Crippen molar-refractivity contribution in [3.05, 3.63) is 34.2 Å². The molecule has 0 saturated heterocycles. The second-order valence-electron chi connectivity index (χ2n) is 3.90. The zero-order valence-corrected chi connectivity index (χ0v) is 10.8. The molecule has 7 heteroatoms. The molecule has 1 aromatic heterocycles. The summed E-state index contributed by atoms with van der Waals surface area (Å²) in [6, 6.07) is 2.86. The minimum absolute atomic E-state index is 0.0237. The summed E-state index contributed by atoms with van der Waals surface area (Å²) in [5, 5.41) is 1.54. The van der Waals surface area contributed by atoms with Crippen LogP contribution in [0.4, 0.5) is 13.2 Å². The van der Waals surface area contributed by atoms with Gasteiger partial charge in [-0.1, -0.05) is 6.07 Å². The second kappa shape index (κ2) is 4.88. The first-order valence-electron chi connectivity index (χ1n) is 5.57. The number of carbonyl (C=O) groups is 1.